The molecule has 2 rings (SSSR count). The maximum Gasteiger partial charge on any atom is 0.251 e. The topological polar surface area (TPSA) is 77.2 Å². The molecule has 0 aliphatic heterocycles. The van der Waals surface area contributed by atoms with Crippen molar-refractivity contribution >= 4 is 23.2 Å². The van der Waals surface area contributed by atoms with Crippen molar-refractivity contribution in [3.8, 4) is 5.88 Å². The van der Waals surface area contributed by atoms with Crippen LogP contribution in [0.5, 0.6) is 5.88 Å². The molecular weight excluding hydrogens is 278 g/mol. The Kier molecular flexibility index (Phi) is 4.42. The number of nitrogens with two attached hydrogens (primary N) is 1. The van der Waals surface area contributed by atoms with E-state index in [0.29, 0.717) is 28.7 Å². The van der Waals surface area contributed by atoms with E-state index in [2.05, 4.69) is 10.3 Å². The highest BCUT2D eigenvalue weighted by Gasteiger charge is 2.07. The molecule has 0 aliphatic rings. The minimum atomic E-state index is -0.241. The highest BCUT2D eigenvalue weighted by Crippen LogP contribution is 2.16. The van der Waals surface area contributed by atoms with Gasteiger partial charge in [-0.1, -0.05) is 11.6 Å². The molecule has 0 bridgehead atoms. The number of carbonyl (C=O) groups is 1. The van der Waals surface area contributed by atoms with Gasteiger partial charge in [-0.2, -0.15) is 0 Å². The van der Waals surface area contributed by atoms with Gasteiger partial charge in [-0.15, -0.1) is 0 Å². The van der Waals surface area contributed by atoms with E-state index in [0.717, 1.165) is 5.56 Å². The Bertz CT molecular complexity index is 611. The summed E-state index contributed by atoms with van der Waals surface area (Å²) >= 11 is 5.87. The van der Waals surface area contributed by atoms with Gasteiger partial charge in [0.25, 0.3) is 5.91 Å². The number of ether oxygens (including phenoxy) is 1. The predicted molar refractivity (Wildman–Crippen MR) is 77.8 cm³/mol. The number of halogens is 1. The second-order valence-electron chi connectivity index (χ2n) is 4.16. The number of methoxy groups -OCH3 is 1. The highest BCUT2D eigenvalue weighted by molar-refractivity contribution is 6.31. The summed E-state index contributed by atoms with van der Waals surface area (Å²) in [5.74, 6) is 0.263. The van der Waals surface area contributed by atoms with E-state index in [1.54, 1.807) is 43.6 Å². The number of carbonyl (C=O) groups excluding carboxylic acids is 1. The van der Waals surface area contributed by atoms with Crippen molar-refractivity contribution in [2.45, 2.75) is 6.54 Å². The first-order valence-electron chi connectivity index (χ1n) is 5.91. The van der Waals surface area contributed by atoms with E-state index in [1.165, 1.54) is 0 Å². The maximum atomic E-state index is 12.0. The van der Waals surface area contributed by atoms with Gasteiger partial charge in [-0.3, -0.25) is 4.79 Å². The Labute approximate surface area is 121 Å². The summed E-state index contributed by atoms with van der Waals surface area (Å²) in [4.78, 5) is 16.0. The second kappa shape index (κ2) is 6.25. The molecule has 1 aromatic heterocycles. The fourth-order valence-electron chi connectivity index (χ4n) is 1.70. The summed E-state index contributed by atoms with van der Waals surface area (Å²) in [5.41, 5.74) is 7.42. The lowest BCUT2D eigenvalue weighted by Gasteiger charge is -2.07. The first kappa shape index (κ1) is 14.1. The SMILES string of the molecule is COc1cc(CNC(=O)c2cc(N)cc(Cl)c2)ccn1. The molecular formula is C14H14ClN3O2. The number of nitrogens with one attached hydrogen (secondary N) is 1. The molecule has 0 saturated heterocycles. The molecule has 20 heavy (non-hydrogen) atoms. The van der Waals surface area contributed by atoms with Crippen LogP contribution in [0, 0.1) is 0 Å². The van der Waals surface area contributed by atoms with Crippen molar-refractivity contribution < 1.29 is 9.53 Å². The van der Waals surface area contributed by atoms with Gasteiger partial charge in [0.05, 0.1) is 7.11 Å². The normalized spacial score (nSPS) is 10.1. The lowest BCUT2D eigenvalue weighted by atomic mass is 10.2. The molecule has 6 heteroatoms. The number of nitrogens with zero attached hydrogens (tertiary/aromatic N) is 1. The number of amides is 1. The summed E-state index contributed by atoms with van der Waals surface area (Å²) in [5, 5.41) is 3.22. The number of pyridine rings is 1. The van der Waals surface area contributed by atoms with E-state index in [4.69, 9.17) is 22.1 Å². The van der Waals surface area contributed by atoms with Crippen LogP contribution in [0.2, 0.25) is 5.02 Å². The van der Waals surface area contributed by atoms with E-state index in [1.807, 2.05) is 0 Å². The fourth-order valence-corrected chi connectivity index (χ4v) is 1.94. The van der Waals surface area contributed by atoms with Crippen LogP contribution in [-0.4, -0.2) is 18.0 Å². The molecule has 5 nitrogen and oxygen atoms in total. The highest BCUT2D eigenvalue weighted by atomic mass is 35.5. The molecule has 1 aromatic carbocycles. The molecule has 0 fully saturated rings. The number of hydrogen-bond donors (Lipinski definition) is 2. The Balaban J connectivity index is 2.04. The van der Waals surface area contributed by atoms with Crippen LogP contribution in [0.25, 0.3) is 0 Å². The first-order valence-corrected chi connectivity index (χ1v) is 6.29. The average Bonchev–Trinajstić information content (AvgIpc) is 2.44. The van der Waals surface area contributed by atoms with Gasteiger partial charge in [0.2, 0.25) is 5.88 Å². The monoisotopic (exact) mass is 291 g/mol. The summed E-state index contributed by atoms with van der Waals surface area (Å²) in [6.07, 6.45) is 1.62. The molecule has 3 N–H and O–H groups in total. The standard InChI is InChI=1S/C14H14ClN3O2/c1-20-13-4-9(2-3-17-13)8-18-14(19)10-5-11(15)7-12(16)6-10/h2-7H,8,16H2,1H3,(H,18,19). The maximum absolute atomic E-state index is 12.0. The summed E-state index contributed by atoms with van der Waals surface area (Å²) < 4.78 is 5.02. The van der Waals surface area contributed by atoms with Gasteiger partial charge < -0.3 is 15.8 Å². The smallest absolute Gasteiger partial charge is 0.251 e. The van der Waals surface area contributed by atoms with Crippen LogP contribution < -0.4 is 15.8 Å². The van der Waals surface area contributed by atoms with Crippen molar-refractivity contribution in [2.24, 2.45) is 0 Å². The number of aromatic nitrogens is 1. The lowest BCUT2D eigenvalue weighted by Crippen LogP contribution is -2.23. The number of anilines is 1. The van der Waals surface area contributed by atoms with Crippen molar-refractivity contribution in [1.82, 2.24) is 10.3 Å². The first-order chi connectivity index (χ1) is 9.58. The summed E-state index contributed by atoms with van der Waals surface area (Å²) in [6.45, 7) is 0.365. The Morgan fingerprint density at radius 2 is 2.20 bits per heavy atom. The van der Waals surface area contributed by atoms with Crippen molar-refractivity contribution in [1.29, 1.82) is 0 Å². The summed E-state index contributed by atoms with van der Waals surface area (Å²) in [6, 6.07) is 8.29. The third-order valence-electron chi connectivity index (χ3n) is 2.64. The molecule has 2 aromatic rings. The molecule has 0 spiro atoms. The van der Waals surface area contributed by atoms with Crippen molar-refractivity contribution in [2.75, 3.05) is 12.8 Å². The van der Waals surface area contributed by atoms with Gasteiger partial charge in [-0.25, -0.2) is 4.98 Å². The largest absolute Gasteiger partial charge is 0.481 e. The van der Waals surface area contributed by atoms with Crippen molar-refractivity contribution in [3.63, 3.8) is 0 Å². The molecule has 0 atom stereocenters. The van der Waals surface area contributed by atoms with Gasteiger partial charge in [0.15, 0.2) is 0 Å². The van der Waals surface area contributed by atoms with Crippen LogP contribution in [0.4, 0.5) is 5.69 Å². The zero-order valence-corrected chi connectivity index (χ0v) is 11.6. The second-order valence-corrected chi connectivity index (χ2v) is 4.60. The Morgan fingerprint density at radius 1 is 1.40 bits per heavy atom. The molecule has 104 valence electrons. The minimum absolute atomic E-state index is 0.241. The van der Waals surface area contributed by atoms with Crippen LogP contribution in [0.15, 0.2) is 36.5 Å². The zero-order chi connectivity index (χ0) is 14.5. The van der Waals surface area contributed by atoms with Gasteiger partial charge in [0.1, 0.15) is 0 Å². The molecule has 0 saturated carbocycles. The average molecular weight is 292 g/mol. The zero-order valence-electron chi connectivity index (χ0n) is 10.9. The molecule has 0 unspecified atom stereocenters. The van der Waals surface area contributed by atoms with Crippen molar-refractivity contribution in [3.05, 3.63) is 52.7 Å². The number of nitrogen functional groups attached to an aromatic ring is 1. The summed E-state index contributed by atoms with van der Waals surface area (Å²) in [7, 11) is 1.54. The van der Waals surface area contributed by atoms with Gasteiger partial charge in [0, 0.05) is 35.1 Å². The number of rotatable bonds is 4. The van der Waals surface area contributed by atoms with Crippen LogP contribution in [0.1, 0.15) is 15.9 Å². The fraction of sp³-hybridized carbons (Fsp3) is 0.143. The lowest BCUT2D eigenvalue weighted by molar-refractivity contribution is 0.0951. The van der Waals surface area contributed by atoms with E-state index < -0.39 is 0 Å². The molecule has 0 radical (unpaired) electrons. The molecule has 0 aliphatic carbocycles. The van der Waals surface area contributed by atoms with Crippen LogP contribution in [-0.2, 0) is 6.54 Å². The van der Waals surface area contributed by atoms with Gasteiger partial charge in [-0.05, 0) is 29.8 Å². The molecule has 1 heterocycles. The predicted octanol–water partition coefficient (Wildman–Crippen LogP) is 2.26. The van der Waals surface area contributed by atoms with Gasteiger partial charge >= 0.3 is 0 Å². The van der Waals surface area contributed by atoms with E-state index >= 15 is 0 Å². The third-order valence-corrected chi connectivity index (χ3v) is 2.86. The Hall–Kier alpha value is -2.27. The minimum Gasteiger partial charge on any atom is -0.481 e. The number of hydrogen-bond acceptors (Lipinski definition) is 4. The quantitative estimate of drug-likeness (QED) is 0.847. The van der Waals surface area contributed by atoms with E-state index in [-0.39, 0.29) is 5.91 Å². The molecule has 1 amide bonds. The third kappa shape index (κ3) is 3.61. The Morgan fingerprint density at radius 3 is 2.90 bits per heavy atom. The van der Waals surface area contributed by atoms with E-state index in [9.17, 15) is 4.79 Å². The van der Waals surface area contributed by atoms with Crippen LogP contribution >= 0.6 is 11.6 Å². The number of benzene rings is 1. The van der Waals surface area contributed by atoms with Crippen LogP contribution in [0.3, 0.4) is 0 Å².